The monoisotopic (exact) mass is 862 g/mol. The molecule has 0 aromatic rings. The first-order valence-electron chi connectivity index (χ1n) is 24.6. The lowest BCUT2D eigenvalue weighted by molar-refractivity contribution is -0.147. The minimum atomic E-state index is -4.75. The van der Waals surface area contributed by atoms with Crippen molar-refractivity contribution in [1.29, 1.82) is 0 Å². The van der Waals surface area contributed by atoms with Crippen molar-refractivity contribution in [3.8, 4) is 0 Å². The van der Waals surface area contributed by atoms with E-state index < -0.39 is 57.6 Å². The van der Waals surface area contributed by atoms with Gasteiger partial charge in [-0.05, 0) is 12.8 Å². The van der Waals surface area contributed by atoms with Crippen LogP contribution in [0.3, 0.4) is 0 Å². The number of aliphatic carboxylic acids is 1. The molecule has 3 atom stereocenters. The summed E-state index contributed by atoms with van der Waals surface area (Å²) in [5.41, 5.74) is 0. The minimum Gasteiger partial charge on any atom is -0.480 e. The molecule has 0 saturated heterocycles. The van der Waals surface area contributed by atoms with E-state index in [2.05, 4.69) is 19.2 Å². The van der Waals surface area contributed by atoms with Gasteiger partial charge in [-0.2, -0.15) is 0 Å². The molecular weight excluding hydrogens is 769 g/mol. The maximum absolute atomic E-state index is 12.3. The quantitative estimate of drug-likeness (QED) is 0.0262. The van der Waals surface area contributed by atoms with Gasteiger partial charge in [0.2, 0.25) is 5.91 Å². The molecule has 0 aliphatic heterocycles. The molecule has 12 heteroatoms. The molecule has 0 saturated carbocycles. The lowest BCUT2D eigenvalue weighted by Gasteiger charge is -2.18. The van der Waals surface area contributed by atoms with E-state index in [9.17, 15) is 34.1 Å². The summed E-state index contributed by atoms with van der Waals surface area (Å²) in [5.74, 6) is -2.35. The maximum atomic E-state index is 12.3. The molecule has 11 nitrogen and oxygen atoms in total. The molecule has 3 unspecified atom stereocenters. The van der Waals surface area contributed by atoms with Gasteiger partial charge in [0, 0.05) is 12.8 Å². The number of phosphoric ester groups is 1. The number of phosphoric acid groups is 1. The predicted molar refractivity (Wildman–Crippen MR) is 240 cm³/mol. The Hall–Kier alpha value is -1.52. The van der Waals surface area contributed by atoms with E-state index in [1.54, 1.807) is 0 Å². The van der Waals surface area contributed by atoms with Crippen LogP contribution in [0.2, 0.25) is 0 Å². The first-order chi connectivity index (χ1) is 28.6. The first-order valence-corrected chi connectivity index (χ1v) is 26.1. The number of carbonyl (C=O) groups excluding carboxylic acids is 2. The maximum Gasteiger partial charge on any atom is 0.472 e. The van der Waals surface area contributed by atoms with Gasteiger partial charge in [0.1, 0.15) is 12.7 Å². The molecule has 59 heavy (non-hydrogen) atoms. The van der Waals surface area contributed by atoms with Gasteiger partial charge in [-0.1, -0.05) is 226 Å². The summed E-state index contributed by atoms with van der Waals surface area (Å²) in [6.45, 7) is 2.65. The van der Waals surface area contributed by atoms with Gasteiger partial charge in [-0.25, -0.2) is 9.36 Å². The third kappa shape index (κ3) is 42.9. The van der Waals surface area contributed by atoms with Crippen molar-refractivity contribution < 1.29 is 47.8 Å². The van der Waals surface area contributed by atoms with E-state index in [4.69, 9.17) is 13.8 Å². The van der Waals surface area contributed by atoms with Crippen LogP contribution in [0.5, 0.6) is 0 Å². The highest BCUT2D eigenvalue weighted by atomic mass is 31.2. The smallest absolute Gasteiger partial charge is 0.472 e. The van der Waals surface area contributed by atoms with Crippen LogP contribution in [0.4, 0.5) is 0 Å². The number of ether oxygens (including phenoxy) is 1. The lowest BCUT2D eigenvalue weighted by Crippen LogP contribution is -2.43. The number of aliphatic hydroxyl groups excluding tert-OH is 1. The lowest BCUT2D eigenvalue weighted by atomic mass is 10.0. The molecule has 0 bridgehead atoms. The van der Waals surface area contributed by atoms with Crippen LogP contribution in [0.25, 0.3) is 0 Å². The predicted octanol–water partition coefficient (Wildman–Crippen LogP) is 13.1. The van der Waals surface area contributed by atoms with Gasteiger partial charge in [0.05, 0.1) is 13.2 Å². The average molecular weight is 862 g/mol. The second kappa shape index (κ2) is 43.1. The molecular formula is C47H92NO10P. The summed E-state index contributed by atoms with van der Waals surface area (Å²) in [6.07, 6.45) is 42.6. The molecule has 0 heterocycles. The molecule has 0 fully saturated rings. The minimum absolute atomic E-state index is 0.153. The summed E-state index contributed by atoms with van der Waals surface area (Å²) in [4.78, 5) is 46.0. The molecule has 350 valence electrons. The SMILES string of the molecule is CCCCCCCCCCCCCCCCCCCCC(=O)OCC(O)COP(=O)(O)OCC(NC(=O)CCCCCCCCCCCCCCCCCCC)C(=O)O. The Kier molecular flexibility index (Phi) is 42.0. The molecule has 0 aliphatic rings. The number of amides is 1. The Morgan fingerprint density at radius 2 is 0.780 bits per heavy atom. The van der Waals surface area contributed by atoms with Gasteiger partial charge >= 0.3 is 19.8 Å². The Balaban J connectivity index is 3.80. The summed E-state index contributed by atoms with van der Waals surface area (Å²) in [5, 5.41) is 21.9. The highest BCUT2D eigenvalue weighted by Crippen LogP contribution is 2.43. The molecule has 4 N–H and O–H groups in total. The van der Waals surface area contributed by atoms with E-state index in [-0.39, 0.29) is 12.8 Å². The fraction of sp³-hybridized carbons (Fsp3) is 0.936. The summed E-state index contributed by atoms with van der Waals surface area (Å²) < 4.78 is 26.9. The molecule has 0 aromatic carbocycles. The van der Waals surface area contributed by atoms with E-state index in [0.29, 0.717) is 12.8 Å². The molecule has 1 amide bonds. The van der Waals surface area contributed by atoms with Crippen molar-refractivity contribution in [2.75, 3.05) is 19.8 Å². The number of rotatable bonds is 47. The van der Waals surface area contributed by atoms with Crippen molar-refractivity contribution in [1.82, 2.24) is 5.32 Å². The zero-order chi connectivity index (χ0) is 43.5. The van der Waals surface area contributed by atoms with Crippen LogP contribution < -0.4 is 5.32 Å². The van der Waals surface area contributed by atoms with E-state index >= 15 is 0 Å². The molecule has 0 rings (SSSR count). The second-order valence-corrected chi connectivity index (χ2v) is 18.5. The number of hydrogen-bond acceptors (Lipinski definition) is 8. The zero-order valence-corrected chi connectivity index (χ0v) is 39.0. The summed E-state index contributed by atoms with van der Waals surface area (Å²) in [6, 6.07) is -1.54. The fourth-order valence-electron chi connectivity index (χ4n) is 7.32. The van der Waals surface area contributed by atoms with Crippen LogP contribution in [0.1, 0.15) is 251 Å². The number of carbonyl (C=O) groups is 3. The molecule has 0 spiro atoms. The van der Waals surface area contributed by atoms with Crippen LogP contribution in [-0.2, 0) is 32.7 Å². The Bertz CT molecular complexity index is 1020. The van der Waals surface area contributed by atoms with Gasteiger partial charge in [0.15, 0.2) is 6.04 Å². The van der Waals surface area contributed by atoms with Crippen molar-refractivity contribution in [3.63, 3.8) is 0 Å². The van der Waals surface area contributed by atoms with Crippen LogP contribution in [0, 0.1) is 0 Å². The largest absolute Gasteiger partial charge is 0.480 e. The van der Waals surface area contributed by atoms with Crippen molar-refractivity contribution >= 4 is 25.7 Å². The van der Waals surface area contributed by atoms with Gasteiger partial charge in [-0.15, -0.1) is 0 Å². The van der Waals surface area contributed by atoms with Gasteiger partial charge < -0.3 is 25.2 Å². The van der Waals surface area contributed by atoms with E-state index in [0.717, 1.165) is 38.5 Å². The fourth-order valence-corrected chi connectivity index (χ4v) is 8.09. The van der Waals surface area contributed by atoms with Crippen LogP contribution in [0.15, 0.2) is 0 Å². The van der Waals surface area contributed by atoms with Crippen molar-refractivity contribution in [2.45, 2.75) is 264 Å². The van der Waals surface area contributed by atoms with E-state index in [1.807, 2.05) is 0 Å². The highest BCUT2D eigenvalue weighted by molar-refractivity contribution is 7.47. The number of carboxylic acid groups (broad SMARTS) is 1. The molecule has 0 radical (unpaired) electrons. The number of nitrogens with one attached hydrogen (secondary N) is 1. The third-order valence-corrected chi connectivity index (χ3v) is 12.1. The zero-order valence-electron chi connectivity index (χ0n) is 38.1. The van der Waals surface area contributed by atoms with Crippen LogP contribution in [-0.4, -0.2) is 64.9 Å². The Morgan fingerprint density at radius 3 is 1.12 bits per heavy atom. The topological polar surface area (TPSA) is 169 Å². The van der Waals surface area contributed by atoms with Crippen molar-refractivity contribution in [2.24, 2.45) is 0 Å². The van der Waals surface area contributed by atoms with Gasteiger partial charge in [0.25, 0.3) is 0 Å². The van der Waals surface area contributed by atoms with E-state index in [1.165, 1.54) is 173 Å². The van der Waals surface area contributed by atoms with Crippen molar-refractivity contribution in [3.05, 3.63) is 0 Å². The summed E-state index contributed by atoms with van der Waals surface area (Å²) in [7, 11) is -4.75. The number of hydrogen-bond donors (Lipinski definition) is 4. The number of carboxylic acids is 1. The standard InChI is InChI=1S/C47H92NO10P/c1-3-5-7-9-11-13-15-17-19-21-23-25-27-29-31-33-35-37-39-46(51)56-40-43(49)41-57-59(54,55)58-42-44(47(52)53)48-45(50)38-36-34-32-30-28-26-24-22-20-18-16-14-12-10-8-6-4-2/h43-44,49H,3-42H2,1-2H3,(H,48,50)(H,52,53)(H,54,55). The van der Waals surface area contributed by atoms with Gasteiger partial charge in [-0.3, -0.25) is 18.6 Å². The number of aliphatic hydroxyl groups is 1. The number of unbranched alkanes of at least 4 members (excludes halogenated alkanes) is 33. The highest BCUT2D eigenvalue weighted by Gasteiger charge is 2.28. The molecule has 0 aromatic heterocycles. The third-order valence-electron chi connectivity index (χ3n) is 11.1. The molecule has 0 aliphatic carbocycles. The summed E-state index contributed by atoms with van der Waals surface area (Å²) >= 11 is 0. The average Bonchev–Trinajstić information content (AvgIpc) is 3.21. The first kappa shape index (κ1) is 57.5. The normalized spacial score (nSPS) is 13.6. The number of esters is 1. The van der Waals surface area contributed by atoms with Crippen LogP contribution >= 0.6 is 7.82 Å². The Labute approximate surface area is 361 Å². The Morgan fingerprint density at radius 1 is 0.475 bits per heavy atom. The second-order valence-electron chi connectivity index (χ2n) is 17.0.